The molecule has 1 aromatic heterocycles. The van der Waals surface area contributed by atoms with E-state index >= 15 is 0 Å². The van der Waals surface area contributed by atoms with Gasteiger partial charge in [-0.1, -0.05) is 0 Å². The van der Waals surface area contributed by atoms with Gasteiger partial charge in [-0.3, -0.25) is 9.78 Å². The topological polar surface area (TPSA) is 130 Å². The maximum atomic E-state index is 13.1. The number of hydrogen-bond acceptors (Lipinski definition) is 7. The van der Waals surface area contributed by atoms with E-state index in [1.54, 1.807) is 62.5 Å². The molecule has 2 amide bonds. The highest BCUT2D eigenvalue weighted by Crippen LogP contribution is 2.38. The van der Waals surface area contributed by atoms with Gasteiger partial charge in [0.25, 0.3) is 0 Å². The van der Waals surface area contributed by atoms with E-state index in [4.69, 9.17) is 9.47 Å². The molecule has 1 aliphatic rings. The minimum Gasteiger partial charge on any atom is -0.497 e. The number of carbonyl (C=O) groups is 2. The Labute approximate surface area is 224 Å². The molecule has 2 heterocycles. The van der Waals surface area contributed by atoms with Crippen molar-refractivity contribution >= 4 is 22.0 Å². The number of aromatic nitrogens is 1. The number of pyridine rings is 1. The molecule has 12 heteroatoms. The van der Waals surface area contributed by atoms with Crippen LogP contribution in [0.3, 0.4) is 0 Å². The number of hydrogen-bond donors (Lipinski definition) is 1. The lowest BCUT2D eigenvalue weighted by atomic mass is 9.80. The zero-order valence-corrected chi connectivity index (χ0v) is 23.3. The highest BCUT2D eigenvalue weighted by atomic mass is 32.2. The zero-order valence-electron chi connectivity index (χ0n) is 22.5. The van der Waals surface area contributed by atoms with Crippen LogP contribution in [-0.2, 0) is 25.1 Å². The monoisotopic (exact) mass is 548 g/mol. The molecule has 0 aliphatic carbocycles. The first kappa shape index (κ1) is 29.3. The van der Waals surface area contributed by atoms with Crippen LogP contribution in [0.25, 0.3) is 0 Å². The number of nitrogens with zero attached hydrogens (tertiary/aromatic N) is 4. The highest BCUT2D eigenvalue weighted by Gasteiger charge is 2.43. The van der Waals surface area contributed by atoms with E-state index < -0.39 is 21.7 Å². The zero-order chi connectivity index (χ0) is 28.1. The van der Waals surface area contributed by atoms with Crippen LogP contribution in [0.2, 0.25) is 0 Å². The predicted molar refractivity (Wildman–Crippen MR) is 141 cm³/mol. The van der Waals surface area contributed by atoms with E-state index in [9.17, 15) is 23.1 Å². The Hall–Kier alpha value is -3.22. The van der Waals surface area contributed by atoms with E-state index in [1.807, 2.05) is 0 Å². The summed E-state index contributed by atoms with van der Waals surface area (Å²) in [7, 11) is 0.798. The van der Waals surface area contributed by atoms with Crippen LogP contribution >= 0.6 is 0 Å². The summed E-state index contributed by atoms with van der Waals surface area (Å²) < 4.78 is 38.2. The van der Waals surface area contributed by atoms with Gasteiger partial charge in [0.05, 0.1) is 24.2 Å². The van der Waals surface area contributed by atoms with Gasteiger partial charge < -0.3 is 24.4 Å². The van der Waals surface area contributed by atoms with E-state index in [0.717, 1.165) is 5.56 Å². The number of likely N-dealkylation sites (N-methyl/N-ethyl adjacent to an activating group) is 1. The molecule has 1 fully saturated rings. The Kier molecular flexibility index (Phi) is 9.34. The summed E-state index contributed by atoms with van der Waals surface area (Å²) >= 11 is 0. The minimum atomic E-state index is -3.76. The molecule has 11 nitrogen and oxygen atoms in total. The van der Waals surface area contributed by atoms with E-state index in [0.29, 0.717) is 42.8 Å². The molecule has 0 radical (unpaired) electrons. The number of benzene rings is 1. The molecule has 2 aromatic rings. The standard InChI is InChI=1S/C26H36N4O7S/c1-19-16-22(36-5)17-20(2)24(19)38(34,35)28(3)14-15-37-18-23(31)30-12-8-26(9-13-30,29(4)25(32)33)21-6-10-27-11-7-21/h6-7,10-11,16-17H,8-9,12-15,18H2,1-5H3,(H,32,33). The number of ether oxygens (including phenoxy) is 2. The van der Waals surface area contributed by atoms with Crippen LogP contribution < -0.4 is 4.74 Å². The lowest BCUT2D eigenvalue weighted by Gasteiger charge is -2.46. The first-order valence-electron chi connectivity index (χ1n) is 12.3. The molecule has 1 aliphatic heterocycles. The SMILES string of the molecule is COc1cc(C)c(S(=O)(=O)N(C)CCOCC(=O)N2CCC(c3ccncc3)(N(C)C(=O)O)CC2)c(C)c1. The molecule has 0 spiro atoms. The molecule has 0 saturated carbocycles. The van der Waals surface area contributed by atoms with Gasteiger partial charge >= 0.3 is 6.09 Å². The lowest BCUT2D eigenvalue weighted by molar-refractivity contribution is -0.138. The second kappa shape index (κ2) is 12.1. The summed E-state index contributed by atoms with van der Waals surface area (Å²) in [5, 5.41) is 9.67. The van der Waals surface area contributed by atoms with Gasteiger partial charge in [-0.2, -0.15) is 4.31 Å². The fourth-order valence-corrected chi connectivity index (χ4v) is 6.50. The van der Waals surface area contributed by atoms with Crippen molar-refractivity contribution < 1.29 is 32.6 Å². The number of likely N-dealkylation sites (tertiary alicyclic amines) is 1. The number of aryl methyl sites for hydroxylation is 2. The predicted octanol–water partition coefficient (Wildman–Crippen LogP) is 2.47. The summed E-state index contributed by atoms with van der Waals surface area (Å²) in [6.45, 7) is 4.12. The first-order valence-corrected chi connectivity index (χ1v) is 13.7. The Morgan fingerprint density at radius 2 is 1.68 bits per heavy atom. The van der Waals surface area contributed by atoms with Gasteiger partial charge in [0.1, 0.15) is 12.4 Å². The second-order valence-corrected chi connectivity index (χ2v) is 11.4. The average molecular weight is 549 g/mol. The molecule has 3 rings (SSSR count). The highest BCUT2D eigenvalue weighted by molar-refractivity contribution is 7.89. The van der Waals surface area contributed by atoms with Crippen molar-refractivity contribution in [1.29, 1.82) is 0 Å². The maximum absolute atomic E-state index is 13.1. The van der Waals surface area contributed by atoms with Crippen molar-refractivity contribution in [2.75, 3.05) is 54.1 Å². The fourth-order valence-electron chi connectivity index (χ4n) is 4.94. The number of piperidine rings is 1. The largest absolute Gasteiger partial charge is 0.497 e. The summed E-state index contributed by atoms with van der Waals surface area (Å²) in [5.74, 6) is 0.368. The van der Waals surface area contributed by atoms with Crippen LogP contribution in [0, 0.1) is 13.8 Å². The minimum absolute atomic E-state index is 0.0479. The summed E-state index contributed by atoms with van der Waals surface area (Å²) in [4.78, 5) is 31.8. The molecule has 1 N–H and O–H groups in total. The number of methoxy groups -OCH3 is 1. The molecule has 0 bridgehead atoms. The average Bonchev–Trinajstić information content (AvgIpc) is 2.90. The number of carbonyl (C=O) groups excluding carboxylic acids is 1. The van der Waals surface area contributed by atoms with Gasteiger partial charge in [0.15, 0.2) is 0 Å². The molecule has 0 unspecified atom stereocenters. The smallest absolute Gasteiger partial charge is 0.407 e. The Morgan fingerprint density at radius 1 is 1.11 bits per heavy atom. The van der Waals surface area contributed by atoms with E-state index in [-0.39, 0.29) is 30.6 Å². The van der Waals surface area contributed by atoms with Crippen LogP contribution in [0.5, 0.6) is 5.75 Å². The van der Waals surface area contributed by atoms with Crippen LogP contribution in [-0.4, -0.2) is 98.7 Å². The van der Waals surface area contributed by atoms with Crippen LogP contribution in [0.15, 0.2) is 41.6 Å². The van der Waals surface area contributed by atoms with Crippen LogP contribution in [0.4, 0.5) is 4.79 Å². The molecular formula is C26H36N4O7S. The molecular weight excluding hydrogens is 512 g/mol. The summed E-state index contributed by atoms with van der Waals surface area (Å²) in [6, 6.07) is 6.97. The Bertz CT molecular complexity index is 1220. The second-order valence-electron chi connectivity index (χ2n) is 9.46. The van der Waals surface area contributed by atoms with Gasteiger partial charge in [0, 0.05) is 46.1 Å². The van der Waals surface area contributed by atoms with Crippen LogP contribution in [0.1, 0.15) is 29.5 Å². The molecule has 1 saturated heterocycles. The normalized spacial score (nSPS) is 15.4. The maximum Gasteiger partial charge on any atom is 0.407 e. The summed E-state index contributed by atoms with van der Waals surface area (Å²) in [6.07, 6.45) is 3.10. The third-order valence-corrected chi connectivity index (χ3v) is 9.37. The Balaban J connectivity index is 1.54. The molecule has 0 atom stereocenters. The number of amides is 2. The molecule has 208 valence electrons. The quantitative estimate of drug-likeness (QED) is 0.448. The molecule has 1 aromatic carbocycles. The molecule has 38 heavy (non-hydrogen) atoms. The van der Waals surface area contributed by atoms with Crippen molar-refractivity contribution in [1.82, 2.24) is 19.1 Å². The van der Waals surface area contributed by atoms with Crippen molar-refractivity contribution in [3.8, 4) is 5.75 Å². The van der Waals surface area contributed by atoms with Crippen molar-refractivity contribution in [3.05, 3.63) is 53.3 Å². The van der Waals surface area contributed by atoms with Crippen molar-refractivity contribution in [2.45, 2.75) is 37.1 Å². The van der Waals surface area contributed by atoms with Gasteiger partial charge in [-0.05, 0) is 67.6 Å². The van der Waals surface area contributed by atoms with Crippen molar-refractivity contribution in [3.63, 3.8) is 0 Å². The van der Waals surface area contributed by atoms with Gasteiger partial charge in [0.2, 0.25) is 15.9 Å². The summed E-state index contributed by atoms with van der Waals surface area (Å²) in [5.41, 5.74) is 1.27. The Morgan fingerprint density at radius 3 is 2.21 bits per heavy atom. The van der Waals surface area contributed by atoms with Gasteiger partial charge in [-0.25, -0.2) is 13.2 Å². The lowest BCUT2D eigenvalue weighted by Crippen LogP contribution is -2.54. The van der Waals surface area contributed by atoms with Crippen molar-refractivity contribution in [2.24, 2.45) is 0 Å². The number of rotatable bonds is 10. The third kappa shape index (κ3) is 6.08. The van der Waals surface area contributed by atoms with E-state index in [1.165, 1.54) is 23.4 Å². The fraction of sp³-hybridized carbons (Fsp3) is 0.500. The number of carboxylic acid groups (broad SMARTS) is 1. The first-order chi connectivity index (χ1) is 17.9. The number of sulfonamides is 1. The van der Waals surface area contributed by atoms with E-state index in [2.05, 4.69) is 4.98 Å². The van der Waals surface area contributed by atoms with Gasteiger partial charge in [-0.15, -0.1) is 0 Å². The third-order valence-electron chi connectivity index (χ3n) is 7.20.